The number of nitrogens with two attached hydrogens (primary N) is 1. The van der Waals surface area contributed by atoms with Crippen molar-refractivity contribution >= 4 is 12.4 Å². The van der Waals surface area contributed by atoms with Gasteiger partial charge in [0.05, 0.1) is 6.61 Å². The van der Waals surface area contributed by atoms with Crippen LogP contribution in [0.5, 0.6) is 11.5 Å². The fourth-order valence-electron chi connectivity index (χ4n) is 3.10. The van der Waals surface area contributed by atoms with Crippen LogP contribution in [0.15, 0.2) is 18.2 Å². The third-order valence-corrected chi connectivity index (χ3v) is 4.28. The number of alkyl halides is 2. The van der Waals surface area contributed by atoms with Gasteiger partial charge in [0.25, 0.3) is 0 Å². The molecule has 1 aliphatic heterocycles. The highest BCUT2D eigenvalue weighted by atomic mass is 35.5. The molecule has 1 aromatic rings. The van der Waals surface area contributed by atoms with E-state index in [0.29, 0.717) is 30.9 Å². The summed E-state index contributed by atoms with van der Waals surface area (Å²) in [6.07, 6.45) is 2.25. The summed E-state index contributed by atoms with van der Waals surface area (Å²) in [4.78, 5) is 2.36. The Labute approximate surface area is 148 Å². The van der Waals surface area contributed by atoms with Crippen LogP contribution < -0.4 is 15.2 Å². The Morgan fingerprint density at radius 2 is 2.08 bits per heavy atom. The van der Waals surface area contributed by atoms with Gasteiger partial charge in [-0.25, -0.2) is 0 Å². The first-order valence-corrected chi connectivity index (χ1v) is 8.18. The Balaban J connectivity index is 0.00000288. The van der Waals surface area contributed by atoms with Crippen LogP contribution in [-0.2, 0) is 6.54 Å². The summed E-state index contributed by atoms with van der Waals surface area (Å²) < 4.78 is 34.8. The molecule has 138 valence electrons. The fourth-order valence-corrected chi connectivity index (χ4v) is 3.10. The molecule has 1 aliphatic rings. The number of hydrogen-bond donors (Lipinski definition) is 1. The number of benzene rings is 1. The van der Waals surface area contributed by atoms with Crippen molar-refractivity contribution in [1.82, 2.24) is 4.90 Å². The van der Waals surface area contributed by atoms with Crippen molar-refractivity contribution in [1.29, 1.82) is 0 Å². The first-order valence-electron chi connectivity index (χ1n) is 8.18. The van der Waals surface area contributed by atoms with Crippen molar-refractivity contribution in [2.24, 2.45) is 11.7 Å². The van der Waals surface area contributed by atoms with Gasteiger partial charge in [0.1, 0.15) is 0 Å². The van der Waals surface area contributed by atoms with Crippen molar-refractivity contribution in [2.45, 2.75) is 45.9 Å². The van der Waals surface area contributed by atoms with Gasteiger partial charge in [0.2, 0.25) is 0 Å². The molecule has 1 saturated heterocycles. The van der Waals surface area contributed by atoms with Gasteiger partial charge in [-0.2, -0.15) is 8.78 Å². The SMILES string of the molecule is CCOc1cc(CN2CCC(C)CC2CN)ccc1OC(F)F.Cl. The minimum absolute atomic E-state index is 0. The molecule has 4 nitrogen and oxygen atoms in total. The zero-order valence-corrected chi connectivity index (χ0v) is 15.0. The summed E-state index contributed by atoms with van der Waals surface area (Å²) in [7, 11) is 0. The van der Waals surface area contributed by atoms with Crippen molar-refractivity contribution in [3.63, 3.8) is 0 Å². The highest BCUT2D eigenvalue weighted by molar-refractivity contribution is 5.85. The molecule has 0 spiro atoms. The average Bonchev–Trinajstić information content (AvgIpc) is 2.51. The number of nitrogens with zero attached hydrogens (tertiary/aromatic N) is 1. The molecular weight excluding hydrogens is 338 g/mol. The first-order chi connectivity index (χ1) is 11.0. The lowest BCUT2D eigenvalue weighted by Crippen LogP contribution is -2.45. The van der Waals surface area contributed by atoms with Crippen molar-refractivity contribution in [3.8, 4) is 11.5 Å². The molecule has 1 fully saturated rings. The van der Waals surface area contributed by atoms with Crippen molar-refractivity contribution < 1.29 is 18.3 Å². The molecule has 2 N–H and O–H groups in total. The van der Waals surface area contributed by atoms with Gasteiger partial charge >= 0.3 is 6.61 Å². The Hall–Kier alpha value is -1.11. The molecule has 2 unspecified atom stereocenters. The largest absolute Gasteiger partial charge is 0.490 e. The first kappa shape index (κ1) is 20.9. The van der Waals surface area contributed by atoms with Gasteiger partial charge in [-0.1, -0.05) is 13.0 Å². The molecule has 0 amide bonds. The summed E-state index contributed by atoms with van der Waals surface area (Å²) in [6, 6.07) is 5.51. The van der Waals surface area contributed by atoms with E-state index in [2.05, 4.69) is 16.6 Å². The van der Waals surface area contributed by atoms with Gasteiger partial charge < -0.3 is 15.2 Å². The topological polar surface area (TPSA) is 47.7 Å². The maximum absolute atomic E-state index is 12.4. The van der Waals surface area contributed by atoms with E-state index < -0.39 is 6.61 Å². The molecule has 7 heteroatoms. The molecule has 0 aromatic heterocycles. The minimum atomic E-state index is -2.86. The van der Waals surface area contributed by atoms with Gasteiger partial charge in [0, 0.05) is 19.1 Å². The Kier molecular flexibility index (Phi) is 8.73. The van der Waals surface area contributed by atoms with E-state index in [1.807, 2.05) is 13.0 Å². The lowest BCUT2D eigenvalue weighted by molar-refractivity contribution is -0.0514. The van der Waals surface area contributed by atoms with E-state index in [-0.39, 0.29) is 18.2 Å². The van der Waals surface area contributed by atoms with Gasteiger partial charge in [0.15, 0.2) is 11.5 Å². The van der Waals surface area contributed by atoms with E-state index >= 15 is 0 Å². The zero-order valence-electron chi connectivity index (χ0n) is 14.2. The van der Waals surface area contributed by atoms with Crippen LogP contribution in [0.4, 0.5) is 8.78 Å². The number of piperidine rings is 1. The Morgan fingerprint density at radius 1 is 1.33 bits per heavy atom. The van der Waals surface area contributed by atoms with E-state index in [1.54, 1.807) is 12.1 Å². The predicted molar refractivity (Wildman–Crippen MR) is 93.1 cm³/mol. The lowest BCUT2D eigenvalue weighted by atomic mass is 9.92. The zero-order chi connectivity index (χ0) is 16.8. The molecule has 2 atom stereocenters. The summed E-state index contributed by atoms with van der Waals surface area (Å²) in [5, 5.41) is 0. The maximum atomic E-state index is 12.4. The number of hydrogen-bond acceptors (Lipinski definition) is 4. The second-order valence-corrected chi connectivity index (χ2v) is 6.08. The minimum Gasteiger partial charge on any atom is -0.490 e. The molecule has 0 aliphatic carbocycles. The molecule has 0 saturated carbocycles. The van der Waals surface area contributed by atoms with E-state index in [9.17, 15) is 8.78 Å². The van der Waals surface area contributed by atoms with Crippen molar-refractivity contribution in [2.75, 3.05) is 19.7 Å². The number of likely N-dealkylation sites (tertiary alicyclic amines) is 1. The molecular formula is C17H27ClF2N2O2. The summed E-state index contributed by atoms with van der Waals surface area (Å²) >= 11 is 0. The molecule has 0 bridgehead atoms. The Morgan fingerprint density at radius 3 is 2.71 bits per heavy atom. The van der Waals surface area contributed by atoms with Crippen LogP contribution in [-0.4, -0.2) is 37.2 Å². The normalized spacial score (nSPS) is 21.4. The monoisotopic (exact) mass is 364 g/mol. The highest BCUT2D eigenvalue weighted by Gasteiger charge is 2.25. The summed E-state index contributed by atoms with van der Waals surface area (Å²) in [5.74, 6) is 1.13. The van der Waals surface area contributed by atoms with Crippen molar-refractivity contribution in [3.05, 3.63) is 23.8 Å². The molecule has 2 rings (SSSR count). The third-order valence-electron chi connectivity index (χ3n) is 4.28. The smallest absolute Gasteiger partial charge is 0.387 e. The van der Waals surface area contributed by atoms with E-state index in [4.69, 9.17) is 10.5 Å². The van der Waals surface area contributed by atoms with Crippen LogP contribution in [0, 0.1) is 5.92 Å². The fraction of sp³-hybridized carbons (Fsp3) is 0.647. The molecule has 1 heterocycles. The van der Waals surface area contributed by atoms with Gasteiger partial charge in [-0.3, -0.25) is 4.90 Å². The number of halogens is 3. The van der Waals surface area contributed by atoms with E-state index in [1.165, 1.54) is 0 Å². The average molecular weight is 365 g/mol. The van der Waals surface area contributed by atoms with Crippen LogP contribution >= 0.6 is 12.4 Å². The van der Waals surface area contributed by atoms with Crippen LogP contribution in [0.25, 0.3) is 0 Å². The second kappa shape index (κ2) is 10.0. The standard InChI is InChI=1S/C17H26F2N2O2.ClH/c1-3-22-16-9-13(4-5-15(16)23-17(18)19)11-21-7-6-12(2)8-14(21)10-20;/h4-5,9,12,14,17H,3,6-8,10-11,20H2,1-2H3;1H. The molecule has 1 aromatic carbocycles. The summed E-state index contributed by atoms with van der Waals surface area (Å²) in [5.41, 5.74) is 6.91. The van der Waals surface area contributed by atoms with Crippen LogP contribution in [0.3, 0.4) is 0 Å². The lowest BCUT2D eigenvalue weighted by Gasteiger charge is -2.38. The second-order valence-electron chi connectivity index (χ2n) is 6.08. The van der Waals surface area contributed by atoms with Crippen LogP contribution in [0.2, 0.25) is 0 Å². The van der Waals surface area contributed by atoms with Crippen LogP contribution in [0.1, 0.15) is 32.3 Å². The van der Waals surface area contributed by atoms with Gasteiger partial charge in [-0.05, 0) is 49.9 Å². The molecule has 24 heavy (non-hydrogen) atoms. The van der Waals surface area contributed by atoms with Gasteiger partial charge in [-0.15, -0.1) is 12.4 Å². The number of rotatable bonds is 7. The quantitative estimate of drug-likeness (QED) is 0.802. The predicted octanol–water partition coefficient (Wildman–Crippen LogP) is 3.67. The Bertz CT molecular complexity index is 505. The highest BCUT2D eigenvalue weighted by Crippen LogP contribution is 2.31. The summed E-state index contributed by atoms with van der Waals surface area (Å²) in [6.45, 7) is 3.99. The third kappa shape index (κ3) is 5.76. The molecule has 0 radical (unpaired) electrons. The maximum Gasteiger partial charge on any atom is 0.387 e. The number of ether oxygens (including phenoxy) is 2. The van der Waals surface area contributed by atoms with E-state index in [0.717, 1.165) is 31.5 Å².